The maximum atomic E-state index is 13.5. The monoisotopic (exact) mass is 413 g/mol. The third-order valence-corrected chi connectivity index (χ3v) is 5.09. The van der Waals surface area contributed by atoms with Crippen LogP contribution in [0.15, 0.2) is 58.1 Å². The van der Waals surface area contributed by atoms with Gasteiger partial charge in [-0.05, 0) is 36.6 Å². The predicted octanol–water partition coefficient (Wildman–Crippen LogP) is 3.53. The number of rotatable bonds is 6. The van der Waals surface area contributed by atoms with Crippen molar-refractivity contribution < 1.29 is 4.79 Å². The number of nitrogens with one attached hydrogen (secondary N) is 1. The van der Waals surface area contributed by atoms with Crippen molar-refractivity contribution in [3.05, 3.63) is 74.4 Å². The molecule has 0 spiro atoms. The molecule has 2 aromatic carbocycles. The third-order valence-electron chi connectivity index (χ3n) is 4.77. The number of amides is 1. The summed E-state index contributed by atoms with van der Waals surface area (Å²) in [5.74, 6) is 0.0276. The molecule has 0 aliphatic rings. The summed E-state index contributed by atoms with van der Waals surface area (Å²) in [5, 5.41) is 3.53. The van der Waals surface area contributed by atoms with Gasteiger partial charge in [-0.15, -0.1) is 0 Å². The molecular formula is C22H24ClN3O3. The summed E-state index contributed by atoms with van der Waals surface area (Å²) in [6.45, 7) is 6.35. The summed E-state index contributed by atoms with van der Waals surface area (Å²) in [6, 6.07) is 12.7. The van der Waals surface area contributed by atoms with Crippen LogP contribution in [0.1, 0.15) is 33.2 Å². The van der Waals surface area contributed by atoms with E-state index in [-0.39, 0.29) is 16.8 Å². The minimum Gasteiger partial charge on any atom is -0.354 e. The van der Waals surface area contributed by atoms with Crippen LogP contribution in [0.5, 0.6) is 0 Å². The van der Waals surface area contributed by atoms with E-state index in [1.165, 1.54) is 4.57 Å². The molecule has 3 rings (SSSR count). The highest BCUT2D eigenvalue weighted by Crippen LogP contribution is 2.20. The van der Waals surface area contributed by atoms with Gasteiger partial charge >= 0.3 is 5.69 Å². The average Bonchev–Trinajstić information content (AvgIpc) is 2.70. The first-order chi connectivity index (χ1) is 13.9. The Hall–Kier alpha value is -2.86. The molecular weight excluding hydrogens is 390 g/mol. The van der Waals surface area contributed by atoms with Gasteiger partial charge in [0.15, 0.2) is 0 Å². The zero-order valence-electron chi connectivity index (χ0n) is 16.7. The zero-order chi connectivity index (χ0) is 21.1. The van der Waals surface area contributed by atoms with Crippen molar-refractivity contribution in [2.75, 3.05) is 6.54 Å². The number of benzene rings is 2. The minimum atomic E-state index is -0.750. The van der Waals surface area contributed by atoms with E-state index < -0.39 is 17.3 Å². The van der Waals surface area contributed by atoms with Crippen molar-refractivity contribution >= 4 is 28.4 Å². The molecule has 3 aromatic rings. The van der Waals surface area contributed by atoms with Gasteiger partial charge in [-0.3, -0.25) is 14.2 Å². The summed E-state index contributed by atoms with van der Waals surface area (Å²) < 4.78 is 2.44. The number of carbonyl (C=O) groups excluding carboxylic acids is 1. The highest BCUT2D eigenvalue weighted by atomic mass is 35.5. The molecule has 152 valence electrons. The molecule has 0 aliphatic heterocycles. The molecule has 1 atom stereocenters. The smallest absolute Gasteiger partial charge is 0.336 e. The molecule has 0 bridgehead atoms. The first-order valence-electron chi connectivity index (χ1n) is 9.65. The van der Waals surface area contributed by atoms with Gasteiger partial charge in [0, 0.05) is 6.54 Å². The van der Waals surface area contributed by atoms with Gasteiger partial charge in [-0.2, -0.15) is 0 Å². The van der Waals surface area contributed by atoms with Gasteiger partial charge in [0.25, 0.3) is 5.56 Å². The number of hydrogen-bond donors (Lipinski definition) is 1. The Bertz CT molecular complexity index is 1160. The maximum Gasteiger partial charge on any atom is 0.336 e. The molecule has 0 radical (unpaired) electrons. The average molecular weight is 414 g/mol. The van der Waals surface area contributed by atoms with Crippen LogP contribution in [-0.2, 0) is 4.79 Å². The summed E-state index contributed by atoms with van der Waals surface area (Å²) >= 11 is 6.28. The molecule has 0 saturated carbocycles. The lowest BCUT2D eigenvalue weighted by Crippen LogP contribution is -2.44. The fourth-order valence-electron chi connectivity index (χ4n) is 3.34. The minimum absolute atomic E-state index is 0.252. The molecule has 1 heterocycles. The number of fused-ring (bicyclic) bond motifs is 1. The highest BCUT2D eigenvalue weighted by molar-refractivity contribution is 6.32. The van der Waals surface area contributed by atoms with Crippen molar-refractivity contribution in [3.63, 3.8) is 0 Å². The molecule has 0 saturated heterocycles. The molecule has 6 nitrogen and oxygen atoms in total. The van der Waals surface area contributed by atoms with Crippen LogP contribution in [0.3, 0.4) is 0 Å². The van der Waals surface area contributed by atoms with Crippen LogP contribution >= 0.6 is 11.6 Å². The van der Waals surface area contributed by atoms with E-state index in [1.54, 1.807) is 48.5 Å². The highest BCUT2D eigenvalue weighted by Gasteiger charge is 2.25. The van der Waals surface area contributed by atoms with E-state index in [9.17, 15) is 14.4 Å². The third kappa shape index (κ3) is 3.98. The Morgan fingerprint density at radius 1 is 1.07 bits per heavy atom. The van der Waals surface area contributed by atoms with Crippen molar-refractivity contribution in [1.29, 1.82) is 0 Å². The second-order valence-corrected chi connectivity index (χ2v) is 7.73. The van der Waals surface area contributed by atoms with Crippen molar-refractivity contribution in [2.45, 2.75) is 33.2 Å². The Morgan fingerprint density at radius 2 is 1.72 bits per heavy atom. The van der Waals surface area contributed by atoms with Crippen molar-refractivity contribution in [3.8, 4) is 5.69 Å². The Morgan fingerprint density at radius 3 is 2.38 bits per heavy atom. The Balaban J connectivity index is 2.32. The zero-order valence-corrected chi connectivity index (χ0v) is 17.4. The van der Waals surface area contributed by atoms with Gasteiger partial charge in [-0.1, -0.05) is 56.6 Å². The SMILES string of the molecule is CC[C@@H](C(=O)NCC(C)C)n1c(=O)n(-c2ccccc2Cl)c(=O)c2ccccc21. The van der Waals surface area contributed by atoms with Gasteiger partial charge < -0.3 is 5.32 Å². The lowest BCUT2D eigenvalue weighted by atomic mass is 10.1. The number of aromatic nitrogens is 2. The van der Waals surface area contributed by atoms with E-state index >= 15 is 0 Å². The van der Waals surface area contributed by atoms with Crippen LogP contribution < -0.4 is 16.6 Å². The van der Waals surface area contributed by atoms with E-state index in [4.69, 9.17) is 11.6 Å². The normalized spacial score (nSPS) is 12.3. The summed E-state index contributed by atoms with van der Waals surface area (Å²) in [4.78, 5) is 39.5. The fraction of sp³-hybridized carbons (Fsp3) is 0.318. The Labute approximate surface area is 173 Å². The van der Waals surface area contributed by atoms with Gasteiger partial charge in [0.1, 0.15) is 6.04 Å². The molecule has 7 heteroatoms. The first-order valence-corrected chi connectivity index (χ1v) is 10.0. The largest absolute Gasteiger partial charge is 0.354 e. The van der Waals surface area contributed by atoms with Crippen molar-refractivity contribution in [2.24, 2.45) is 5.92 Å². The van der Waals surface area contributed by atoms with E-state index in [0.717, 1.165) is 4.57 Å². The molecule has 1 aromatic heterocycles. The van der Waals surface area contributed by atoms with Gasteiger partial charge in [0.2, 0.25) is 5.91 Å². The van der Waals surface area contributed by atoms with Crippen LogP contribution in [0.2, 0.25) is 5.02 Å². The van der Waals surface area contributed by atoms with E-state index in [1.807, 2.05) is 20.8 Å². The molecule has 1 amide bonds. The molecule has 0 aliphatic carbocycles. The van der Waals surface area contributed by atoms with E-state index in [0.29, 0.717) is 29.6 Å². The second kappa shape index (κ2) is 8.66. The standard InChI is InChI=1S/C22H24ClN3O3/c1-4-17(20(27)24-13-14(2)3)25-18-11-7-5-9-15(18)21(28)26(22(25)29)19-12-8-6-10-16(19)23/h5-12,14,17H,4,13H2,1-3H3,(H,24,27)/t17-/m0/s1. The molecule has 29 heavy (non-hydrogen) atoms. The van der Waals surface area contributed by atoms with Crippen LogP contribution in [0.25, 0.3) is 16.6 Å². The summed E-state index contributed by atoms with van der Waals surface area (Å²) in [6.07, 6.45) is 0.397. The Kier molecular flexibility index (Phi) is 6.23. The second-order valence-electron chi connectivity index (χ2n) is 7.32. The molecule has 0 unspecified atom stereocenters. The van der Waals surface area contributed by atoms with Crippen LogP contribution in [0, 0.1) is 5.92 Å². The number of halogens is 1. The molecule has 1 N–H and O–H groups in total. The number of carbonyl (C=O) groups is 1. The van der Waals surface area contributed by atoms with Gasteiger partial charge in [0.05, 0.1) is 21.6 Å². The lowest BCUT2D eigenvalue weighted by Gasteiger charge is -2.22. The lowest BCUT2D eigenvalue weighted by molar-refractivity contribution is -0.124. The topological polar surface area (TPSA) is 73.1 Å². The number of nitrogens with zero attached hydrogens (tertiary/aromatic N) is 2. The van der Waals surface area contributed by atoms with Gasteiger partial charge in [-0.25, -0.2) is 9.36 Å². The molecule has 0 fully saturated rings. The van der Waals surface area contributed by atoms with Crippen LogP contribution in [0.4, 0.5) is 0 Å². The fourth-order valence-corrected chi connectivity index (χ4v) is 3.56. The first kappa shape index (κ1) is 20.9. The van der Waals surface area contributed by atoms with Crippen LogP contribution in [-0.4, -0.2) is 21.6 Å². The quantitative estimate of drug-likeness (QED) is 0.671. The predicted molar refractivity (Wildman–Crippen MR) is 116 cm³/mol. The summed E-state index contributed by atoms with van der Waals surface area (Å²) in [5.41, 5.74) is -0.334. The maximum absolute atomic E-state index is 13.5. The summed E-state index contributed by atoms with van der Waals surface area (Å²) in [7, 11) is 0. The van der Waals surface area contributed by atoms with Crippen molar-refractivity contribution in [1.82, 2.24) is 14.5 Å². The van der Waals surface area contributed by atoms with E-state index in [2.05, 4.69) is 5.32 Å². The number of para-hydroxylation sites is 2. The number of hydrogen-bond acceptors (Lipinski definition) is 3.